The van der Waals surface area contributed by atoms with Gasteiger partial charge in [0.25, 0.3) is 0 Å². The van der Waals surface area contributed by atoms with Gasteiger partial charge in [0, 0.05) is 6.54 Å². The van der Waals surface area contributed by atoms with Crippen molar-refractivity contribution in [2.75, 3.05) is 0 Å². The first kappa shape index (κ1) is 11.2. The maximum atomic E-state index is 11.5. The van der Waals surface area contributed by atoms with Gasteiger partial charge in [0.05, 0.1) is 18.4 Å². The maximum absolute atomic E-state index is 11.5. The zero-order valence-corrected chi connectivity index (χ0v) is 8.91. The third-order valence-corrected chi connectivity index (χ3v) is 1.95. The molecule has 0 atom stereocenters. The van der Waals surface area contributed by atoms with Crippen molar-refractivity contribution in [1.29, 1.82) is 0 Å². The highest BCUT2D eigenvalue weighted by molar-refractivity contribution is 5.75. The Balaban J connectivity index is 1.81. The Bertz CT molecular complexity index is 478. The predicted octanol–water partition coefficient (Wildman–Crippen LogP) is -1.56. The van der Waals surface area contributed by atoms with E-state index < -0.39 is 0 Å². The van der Waals surface area contributed by atoms with Crippen LogP contribution in [0.4, 0.5) is 0 Å². The van der Waals surface area contributed by atoms with E-state index in [2.05, 4.69) is 30.3 Å². The average molecular weight is 237 g/mol. The van der Waals surface area contributed by atoms with Crippen LogP contribution in [0.5, 0.6) is 0 Å². The van der Waals surface area contributed by atoms with Gasteiger partial charge in [0.2, 0.25) is 12.3 Å². The molecule has 0 saturated heterocycles. The van der Waals surface area contributed by atoms with E-state index in [0.717, 1.165) is 0 Å². The lowest BCUT2D eigenvalue weighted by Crippen LogP contribution is -2.27. The number of aromatic nitrogens is 5. The van der Waals surface area contributed by atoms with Gasteiger partial charge in [-0.1, -0.05) is 10.4 Å². The molecule has 0 fully saturated rings. The molecular weight excluding hydrogens is 226 g/mol. The summed E-state index contributed by atoms with van der Waals surface area (Å²) < 4.78 is 5.94. The molecule has 9 nitrogen and oxygen atoms in total. The first-order chi connectivity index (χ1) is 8.28. The highest BCUT2D eigenvalue weighted by atomic mass is 16.5. The molecule has 9 heteroatoms. The van der Waals surface area contributed by atoms with E-state index in [1.54, 1.807) is 6.20 Å². The summed E-state index contributed by atoms with van der Waals surface area (Å²) in [6.07, 6.45) is 2.82. The number of hydrogen-bond donors (Lipinski definition) is 2. The van der Waals surface area contributed by atoms with Crippen molar-refractivity contribution >= 4 is 5.91 Å². The fourth-order valence-corrected chi connectivity index (χ4v) is 1.16. The number of nitrogens with two attached hydrogens (primary N) is 1. The van der Waals surface area contributed by atoms with E-state index in [9.17, 15) is 4.79 Å². The van der Waals surface area contributed by atoms with Crippen molar-refractivity contribution < 1.29 is 9.32 Å². The van der Waals surface area contributed by atoms with Crippen LogP contribution in [0.3, 0.4) is 0 Å². The first-order valence-electron chi connectivity index (χ1n) is 4.89. The summed E-state index contributed by atoms with van der Waals surface area (Å²) in [7, 11) is 0. The maximum Gasteiger partial charge on any atom is 0.242 e. The summed E-state index contributed by atoms with van der Waals surface area (Å²) in [6, 6.07) is 0. The molecule has 3 N–H and O–H groups in total. The zero-order valence-electron chi connectivity index (χ0n) is 8.91. The molecule has 0 radical (unpaired) electrons. The van der Waals surface area contributed by atoms with Gasteiger partial charge in [0.15, 0.2) is 5.82 Å². The summed E-state index contributed by atoms with van der Waals surface area (Å²) in [5, 5.41) is 13.7. The second-order valence-corrected chi connectivity index (χ2v) is 3.24. The van der Waals surface area contributed by atoms with E-state index in [1.165, 1.54) is 11.1 Å². The molecule has 0 unspecified atom stereocenters. The molecule has 2 aromatic rings. The number of amides is 1. The Morgan fingerprint density at radius 3 is 3.12 bits per heavy atom. The second-order valence-electron chi connectivity index (χ2n) is 3.24. The van der Waals surface area contributed by atoms with Gasteiger partial charge in [-0.05, 0) is 0 Å². The molecule has 1 amide bonds. The molecule has 0 saturated carbocycles. The van der Waals surface area contributed by atoms with Crippen LogP contribution in [-0.2, 0) is 24.4 Å². The predicted molar refractivity (Wildman–Crippen MR) is 54.1 cm³/mol. The lowest BCUT2D eigenvalue weighted by molar-refractivity contribution is -0.122. The Morgan fingerprint density at radius 2 is 2.47 bits per heavy atom. The Labute approximate surface area is 96.0 Å². The van der Waals surface area contributed by atoms with Gasteiger partial charge in [-0.2, -0.15) is 4.98 Å². The first-order valence-corrected chi connectivity index (χ1v) is 4.89. The summed E-state index contributed by atoms with van der Waals surface area (Å²) in [6.45, 7) is 0.586. The van der Waals surface area contributed by atoms with Gasteiger partial charge in [-0.3, -0.25) is 4.79 Å². The van der Waals surface area contributed by atoms with E-state index >= 15 is 0 Å². The molecule has 2 heterocycles. The fraction of sp³-hybridized carbons (Fsp3) is 0.375. The van der Waals surface area contributed by atoms with Crippen molar-refractivity contribution in [3.63, 3.8) is 0 Å². The molecule has 0 aliphatic carbocycles. The minimum Gasteiger partial charge on any atom is -0.347 e. The highest BCUT2D eigenvalue weighted by Crippen LogP contribution is 1.91. The SMILES string of the molecule is NCc1cn(CC(=O)NCc2ncon2)nn1. The van der Waals surface area contributed by atoms with Crippen LogP contribution >= 0.6 is 0 Å². The topological polar surface area (TPSA) is 125 Å². The van der Waals surface area contributed by atoms with E-state index in [1.807, 2.05) is 0 Å². The quantitative estimate of drug-likeness (QED) is 0.643. The van der Waals surface area contributed by atoms with E-state index in [4.69, 9.17) is 5.73 Å². The number of carbonyl (C=O) groups is 1. The van der Waals surface area contributed by atoms with Crippen LogP contribution in [0, 0.1) is 0 Å². The molecule has 0 aromatic carbocycles. The summed E-state index contributed by atoms with van der Waals surface area (Å²) in [5.41, 5.74) is 6.01. The van der Waals surface area contributed by atoms with Crippen LogP contribution in [0.1, 0.15) is 11.5 Å². The van der Waals surface area contributed by atoms with Gasteiger partial charge >= 0.3 is 0 Å². The third kappa shape index (κ3) is 3.08. The summed E-state index contributed by atoms with van der Waals surface area (Å²) >= 11 is 0. The smallest absolute Gasteiger partial charge is 0.242 e. The van der Waals surface area contributed by atoms with Crippen molar-refractivity contribution in [2.45, 2.75) is 19.6 Å². The molecule has 0 spiro atoms. The Kier molecular flexibility index (Phi) is 3.40. The zero-order chi connectivity index (χ0) is 12.1. The Morgan fingerprint density at radius 1 is 1.59 bits per heavy atom. The van der Waals surface area contributed by atoms with Crippen molar-refractivity contribution in [3.05, 3.63) is 24.1 Å². The van der Waals surface area contributed by atoms with Gasteiger partial charge < -0.3 is 15.6 Å². The van der Waals surface area contributed by atoms with E-state index in [0.29, 0.717) is 18.1 Å². The minimum absolute atomic E-state index is 0.0743. The van der Waals surface area contributed by atoms with Gasteiger partial charge in [0.1, 0.15) is 6.54 Å². The van der Waals surface area contributed by atoms with E-state index in [-0.39, 0.29) is 19.0 Å². The number of nitrogens with one attached hydrogen (secondary N) is 1. The number of nitrogens with zero attached hydrogens (tertiary/aromatic N) is 5. The average Bonchev–Trinajstić information content (AvgIpc) is 2.97. The molecule has 17 heavy (non-hydrogen) atoms. The molecule has 0 bridgehead atoms. The largest absolute Gasteiger partial charge is 0.347 e. The lowest BCUT2D eigenvalue weighted by atomic mass is 10.5. The molecule has 0 aliphatic heterocycles. The number of hydrogen-bond acceptors (Lipinski definition) is 7. The normalized spacial score (nSPS) is 10.4. The van der Waals surface area contributed by atoms with Crippen LogP contribution in [0.25, 0.3) is 0 Å². The molecular formula is C8H11N7O2. The van der Waals surface area contributed by atoms with Gasteiger partial charge in [-0.15, -0.1) is 5.10 Å². The number of rotatable bonds is 5. The highest BCUT2D eigenvalue weighted by Gasteiger charge is 2.06. The summed E-state index contributed by atoms with van der Waals surface area (Å²) in [4.78, 5) is 15.3. The molecule has 0 aliphatic rings. The molecule has 2 rings (SSSR count). The van der Waals surface area contributed by atoms with Crippen molar-refractivity contribution in [1.82, 2.24) is 30.5 Å². The molecule has 2 aromatic heterocycles. The van der Waals surface area contributed by atoms with Crippen LogP contribution < -0.4 is 11.1 Å². The van der Waals surface area contributed by atoms with Crippen molar-refractivity contribution in [3.8, 4) is 0 Å². The van der Waals surface area contributed by atoms with Crippen LogP contribution in [0.15, 0.2) is 17.1 Å². The van der Waals surface area contributed by atoms with Crippen LogP contribution in [-0.4, -0.2) is 31.0 Å². The number of carbonyl (C=O) groups excluding carboxylic acids is 1. The monoisotopic (exact) mass is 237 g/mol. The fourth-order valence-electron chi connectivity index (χ4n) is 1.16. The standard InChI is InChI=1S/C8H11N7O2/c9-1-6-3-15(14-12-6)4-8(16)10-2-7-11-5-17-13-7/h3,5H,1-2,4,9H2,(H,10,16). The third-order valence-electron chi connectivity index (χ3n) is 1.95. The molecule has 90 valence electrons. The van der Waals surface area contributed by atoms with Crippen LogP contribution in [0.2, 0.25) is 0 Å². The second kappa shape index (κ2) is 5.16. The Hall–Kier alpha value is -2.29. The minimum atomic E-state index is -0.219. The van der Waals surface area contributed by atoms with Crippen molar-refractivity contribution in [2.24, 2.45) is 5.73 Å². The summed E-state index contributed by atoms with van der Waals surface area (Å²) in [5.74, 6) is 0.197. The lowest BCUT2D eigenvalue weighted by Gasteiger charge is -2.01. The van der Waals surface area contributed by atoms with Gasteiger partial charge in [-0.25, -0.2) is 4.68 Å².